The number of nitrogens with zero attached hydrogens (tertiary/aromatic N) is 2. The molecule has 0 aliphatic rings. The van der Waals surface area contributed by atoms with Gasteiger partial charge in [0.05, 0.1) is 6.54 Å². The van der Waals surface area contributed by atoms with Gasteiger partial charge in [-0.1, -0.05) is 25.9 Å². The van der Waals surface area contributed by atoms with E-state index in [0.29, 0.717) is 24.3 Å². The van der Waals surface area contributed by atoms with E-state index in [1.807, 2.05) is 0 Å². The van der Waals surface area contributed by atoms with Crippen molar-refractivity contribution in [2.75, 3.05) is 6.54 Å². The Balaban J connectivity index is 2.22. The van der Waals surface area contributed by atoms with Crippen LogP contribution in [0.25, 0.3) is 0 Å². The second-order valence-electron chi connectivity index (χ2n) is 4.08. The summed E-state index contributed by atoms with van der Waals surface area (Å²) in [4.78, 5) is 4.11. The minimum Gasteiger partial charge on any atom is -0.340 e. The lowest BCUT2D eigenvalue weighted by Crippen LogP contribution is -2.24. The van der Waals surface area contributed by atoms with Crippen molar-refractivity contribution in [1.29, 1.82) is 0 Å². The zero-order valence-electron chi connectivity index (χ0n) is 9.37. The highest BCUT2D eigenvalue weighted by Gasteiger charge is 2.07. The number of hydrogen-bond acceptors (Lipinski definition) is 4. The van der Waals surface area contributed by atoms with Gasteiger partial charge in [0.1, 0.15) is 0 Å². The first-order valence-electron chi connectivity index (χ1n) is 5.09. The molecule has 0 aliphatic carbocycles. The minimum atomic E-state index is 0.624. The van der Waals surface area contributed by atoms with Crippen LogP contribution in [-0.2, 0) is 6.54 Å². The fourth-order valence-electron chi connectivity index (χ4n) is 1.06. The van der Waals surface area contributed by atoms with E-state index in [1.165, 1.54) is 0 Å². The van der Waals surface area contributed by atoms with Gasteiger partial charge in [-0.25, -0.2) is 0 Å². The molecule has 14 heavy (non-hydrogen) atoms. The predicted molar refractivity (Wildman–Crippen MR) is 54.7 cm³/mol. The second kappa shape index (κ2) is 5.10. The van der Waals surface area contributed by atoms with Crippen molar-refractivity contribution >= 4 is 0 Å². The average Bonchev–Trinajstić information content (AvgIpc) is 2.51. The van der Waals surface area contributed by atoms with Crippen LogP contribution in [0.2, 0.25) is 0 Å². The van der Waals surface area contributed by atoms with Crippen LogP contribution in [0, 0.1) is 18.8 Å². The number of hydrogen-bond donors (Lipinski definition) is 1. The second-order valence-corrected chi connectivity index (χ2v) is 4.08. The molecule has 0 saturated heterocycles. The van der Waals surface area contributed by atoms with E-state index in [4.69, 9.17) is 4.52 Å². The molecule has 1 N–H and O–H groups in total. The molecule has 0 saturated carbocycles. The summed E-state index contributed by atoms with van der Waals surface area (Å²) in [5.74, 6) is 2.73. The largest absolute Gasteiger partial charge is 0.340 e. The van der Waals surface area contributed by atoms with E-state index in [2.05, 4.69) is 36.2 Å². The predicted octanol–water partition coefficient (Wildman–Crippen LogP) is 1.76. The van der Waals surface area contributed by atoms with E-state index in [9.17, 15) is 0 Å². The Kier molecular flexibility index (Phi) is 4.07. The molecule has 0 spiro atoms. The van der Waals surface area contributed by atoms with Gasteiger partial charge in [0, 0.05) is 6.92 Å². The van der Waals surface area contributed by atoms with Gasteiger partial charge in [-0.05, 0) is 18.4 Å². The Morgan fingerprint density at radius 2 is 2.07 bits per heavy atom. The van der Waals surface area contributed by atoms with Crippen molar-refractivity contribution in [2.24, 2.45) is 11.8 Å². The van der Waals surface area contributed by atoms with Crippen LogP contribution in [0.5, 0.6) is 0 Å². The van der Waals surface area contributed by atoms with Gasteiger partial charge in [0.25, 0.3) is 0 Å². The SMILES string of the molecule is Cc1nc(CNCC(C)C(C)C)no1. The minimum absolute atomic E-state index is 0.624. The molecule has 1 unspecified atom stereocenters. The lowest BCUT2D eigenvalue weighted by atomic mass is 9.98. The molecule has 0 amide bonds. The van der Waals surface area contributed by atoms with Crippen LogP contribution in [0.1, 0.15) is 32.5 Å². The van der Waals surface area contributed by atoms with Crippen molar-refractivity contribution in [1.82, 2.24) is 15.5 Å². The number of aromatic nitrogens is 2. The molecular weight excluding hydrogens is 178 g/mol. The van der Waals surface area contributed by atoms with Crippen molar-refractivity contribution in [3.8, 4) is 0 Å². The maximum atomic E-state index is 4.87. The lowest BCUT2D eigenvalue weighted by Gasteiger charge is -2.15. The Morgan fingerprint density at radius 3 is 2.57 bits per heavy atom. The molecule has 1 rings (SSSR count). The zero-order chi connectivity index (χ0) is 10.6. The van der Waals surface area contributed by atoms with E-state index < -0.39 is 0 Å². The molecule has 1 atom stereocenters. The van der Waals surface area contributed by atoms with E-state index in [0.717, 1.165) is 12.4 Å². The first-order chi connectivity index (χ1) is 6.59. The summed E-state index contributed by atoms with van der Waals surface area (Å²) in [6, 6.07) is 0. The van der Waals surface area contributed by atoms with Crippen molar-refractivity contribution in [3.63, 3.8) is 0 Å². The molecule has 0 fully saturated rings. The van der Waals surface area contributed by atoms with Crippen LogP contribution >= 0.6 is 0 Å². The summed E-state index contributed by atoms with van der Waals surface area (Å²) in [5, 5.41) is 7.12. The van der Waals surface area contributed by atoms with Gasteiger partial charge in [0.2, 0.25) is 5.89 Å². The Morgan fingerprint density at radius 1 is 1.36 bits per heavy atom. The standard InChI is InChI=1S/C10H19N3O/c1-7(2)8(3)5-11-6-10-12-9(4)14-13-10/h7-8,11H,5-6H2,1-4H3. The van der Waals surface area contributed by atoms with E-state index in [-0.39, 0.29) is 0 Å². The van der Waals surface area contributed by atoms with Gasteiger partial charge in [-0.15, -0.1) is 0 Å². The third kappa shape index (κ3) is 3.46. The van der Waals surface area contributed by atoms with E-state index in [1.54, 1.807) is 6.92 Å². The van der Waals surface area contributed by atoms with Crippen LogP contribution in [0.4, 0.5) is 0 Å². The fraction of sp³-hybridized carbons (Fsp3) is 0.800. The van der Waals surface area contributed by atoms with Crippen LogP contribution in [-0.4, -0.2) is 16.7 Å². The summed E-state index contributed by atoms with van der Waals surface area (Å²) < 4.78 is 4.87. The van der Waals surface area contributed by atoms with Gasteiger partial charge in [-0.3, -0.25) is 0 Å². The third-order valence-electron chi connectivity index (χ3n) is 2.46. The number of nitrogens with one attached hydrogen (secondary N) is 1. The lowest BCUT2D eigenvalue weighted by molar-refractivity contribution is 0.374. The summed E-state index contributed by atoms with van der Waals surface area (Å²) in [6.07, 6.45) is 0. The van der Waals surface area contributed by atoms with E-state index >= 15 is 0 Å². The summed E-state index contributed by atoms with van der Waals surface area (Å²) >= 11 is 0. The first-order valence-corrected chi connectivity index (χ1v) is 5.09. The Bertz CT molecular complexity index is 270. The molecular formula is C10H19N3O. The molecule has 1 heterocycles. The van der Waals surface area contributed by atoms with Gasteiger partial charge < -0.3 is 9.84 Å². The normalized spacial score (nSPS) is 13.5. The highest BCUT2D eigenvalue weighted by atomic mass is 16.5. The van der Waals surface area contributed by atoms with Crippen LogP contribution < -0.4 is 5.32 Å². The third-order valence-corrected chi connectivity index (χ3v) is 2.46. The smallest absolute Gasteiger partial charge is 0.223 e. The molecule has 80 valence electrons. The molecule has 0 aliphatic heterocycles. The highest BCUT2D eigenvalue weighted by Crippen LogP contribution is 2.07. The maximum Gasteiger partial charge on any atom is 0.223 e. The quantitative estimate of drug-likeness (QED) is 0.781. The van der Waals surface area contributed by atoms with Gasteiger partial charge in [0.15, 0.2) is 5.82 Å². The first kappa shape index (κ1) is 11.2. The molecule has 0 aromatic carbocycles. The summed E-state index contributed by atoms with van der Waals surface area (Å²) in [7, 11) is 0. The zero-order valence-corrected chi connectivity index (χ0v) is 9.37. The molecule has 1 aromatic rings. The maximum absolute atomic E-state index is 4.87. The topological polar surface area (TPSA) is 51.0 Å². The fourth-order valence-corrected chi connectivity index (χ4v) is 1.06. The Labute approximate surface area is 85.1 Å². The number of rotatable bonds is 5. The molecule has 0 bridgehead atoms. The molecule has 4 heteroatoms. The van der Waals surface area contributed by atoms with Gasteiger partial charge in [-0.2, -0.15) is 4.98 Å². The molecule has 4 nitrogen and oxygen atoms in total. The summed E-state index contributed by atoms with van der Waals surface area (Å²) in [5.41, 5.74) is 0. The van der Waals surface area contributed by atoms with Crippen molar-refractivity contribution in [2.45, 2.75) is 34.2 Å². The van der Waals surface area contributed by atoms with Crippen molar-refractivity contribution in [3.05, 3.63) is 11.7 Å². The molecule has 0 radical (unpaired) electrons. The Hall–Kier alpha value is -0.900. The van der Waals surface area contributed by atoms with Crippen LogP contribution in [0.15, 0.2) is 4.52 Å². The van der Waals surface area contributed by atoms with Crippen LogP contribution in [0.3, 0.4) is 0 Å². The monoisotopic (exact) mass is 197 g/mol. The number of aryl methyl sites for hydroxylation is 1. The average molecular weight is 197 g/mol. The van der Waals surface area contributed by atoms with Crippen molar-refractivity contribution < 1.29 is 4.52 Å². The summed E-state index contributed by atoms with van der Waals surface area (Å²) in [6.45, 7) is 10.2. The highest BCUT2D eigenvalue weighted by molar-refractivity contribution is 4.82. The van der Waals surface area contributed by atoms with Gasteiger partial charge >= 0.3 is 0 Å². The molecule has 1 aromatic heterocycles.